The number of benzene rings is 4. The van der Waals surface area contributed by atoms with E-state index in [1.54, 1.807) is 12.4 Å². The fourth-order valence-electron chi connectivity index (χ4n) is 5.71. The Balaban J connectivity index is 1.40. The van der Waals surface area contributed by atoms with Gasteiger partial charge in [0.25, 0.3) is 0 Å². The molecule has 42 heavy (non-hydrogen) atoms. The third-order valence-electron chi connectivity index (χ3n) is 7.74. The summed E-state index contributed by atoms with van der Waals surface area (Å²) in [7, 11) is 0. The van der Waals surface area contributed by atoms with Gasteiger partial charge in [0.15, 0.2) is 0 Å². The van der Waals surface area contributed by atoms with Crippen LogP contribution in [0.5, 0.6) is 0 Å². The lowest BCUT2D eigenvalue weighted by Gasteiger charge is -2.14. The molecule has 0 aliphatic heterocycles. The molecule has 4 aromatic heterocycles. The highest BCUT2D eigenvalue weighted by Crippen LogP contribution is 2.38. The molecule has 4 aromatic carbocycles. The second-order valence-electron chi connectivity index (χ2n) is 10.4. The molecule has 4 heteroatoms. The van der Waals surface area contributed by atoms with Crippen LogP contribution in [0.15, 0.2) is 146 Å². The van der Waals surface area contributed by atoms with Crippen LogP contribution in [0.1, 0.15) is 0 Å². The van der Waals surface area contributed by atoms with Gasteiger partial charge in [0.1, 0.15) is 0 Å². The molecule has 0 saturated carbocycles. The molecule has 0 aliphatic rings. The van der Waals surface area contributed by atoms with Crippen molar-refractivity contribution in [2.24, 2.45) is 0 Å². The number of hydrogen-bond donors (Lipinski definition) is 0. The van der Waals surface area contributed by atoms with E-state index in [9.17, 15) is 0 Å². The smallest absolute Gasteiger partial charge is 0.0893 e. The van der Waals surface area contributed by atoms with Crippen molar-refractivity contribution in [1.29, 1.82) is 0 Å². The monoisotopic (exact) mass is 536 g/mol. The molecule has 0 saturated heterocycles. The summed E-state index contributed by atoms with van der Waals surface area (Å²) >= 11 is 0. The number of nitrogens with zero attached hydrogens (tertiary/aromatic N) is 4. The maximum Gasteiger partial charge on any atom is 0.0893 e. The first-order chi connectivity index (χ1) is 20.8. The Morgan fingerprint density at radius 1 is 0.333 bits per heavy atom. The first-order valence-electron chi connectivity index (χ1n) is 14.0. The average Bonchev–Trinajstić information content (AvgIpc) is 3.08. The highest BCUT2D eigenvalue weighted by molar-refractivity contribution is 6.16. The third kappa shape index (κ3) is 4.27. The Morgan fingerprint density at radius 3 is 1.62 bits per heavy atom. The van der Waals surface area contributed by atoms with Gasteiger partial charge in [0.05, 0.1) is 34.2 Å². The molecule has 0 amide bonds. The van der Waals surface area contributed by atoms with Gasteiger partial charge in [-0.05, 0) is 105 Å². The highest BCUT2D eigenvalue weighted by atomic mass is 14.8. The highest BCUT2D eigenvalue weighted by Gasteiger charge is 2.15. The predicted octanol–water partition coefficient (Wildman–Crippen LogP) is 9.39. The zero-order valence-electron chi connectivity index (χ0n) is 22.6. The average molecular weight is 537 g/mol. The van der Waals surface area contributed by atoms with Gasteiger partial charge >= 0.3 is 0 Å². The Hall–Kier alpha value is -5.74. The van der Waals surface area contributed by atoms with E-state index < -0.39 is 0 Å². The molecular formula is C38H24N4. The number of aromatic nitrogens is 4. The Labute approximate surface area is 243 Å². The van der Waals surface area contributed by atoms with Gasteiger partial charge in [-0.3, -0.25) is 9.97 Å². The minimum atomic E-state index is 0.841. The van der Waals surface area contributed by atoms with E-state index in [2.05, 4.69) is 88.8 Å². The maximum atomic E-state index is 5.10. The molecule has 0 unspecified atom stereocenters. The molecule has 0 N–H and O–H groups in total. The summed E-state index contributed by atoms with van der Waals surface area (Å²) in [5.74, 6) is 0. The summed E-state index contributed by atoms with van der Waals surface area (Å²) in [6, 6.07) is 46.1. The third-order valence-corrected chi connectivity index (χ3v) is 7.74. The van der Waals surface area contributed by atoms with Crippen LogP contribution >= 0.6 is 0 Å². The van der Waals surface area contributed by atoms with Crippen LogP contribution in [-0.2, 0) is 0 Å². The fourth-order valence-corrected chi connectivity index (χ4v) is 5.71. The molecule has 0 atom stereocenters. The van der Waals surface area contributed by atoms with Gasteiger partial charge in [-0.15, -0.1) is 0 Å². The second kappa shape index (κ2) is 10.0. The van der Waals surface area contributed by atoms with Gasteiger partial charge in [-0.2, -0.15) is 0 Å². The molecule has 0 bridgehead atoms. The summed E-state index contributed by atoms with van der Waals surface area (Å²) in [5.41, 5.74) is 7.25. The SMILES string of the molecule is c1ccc(-c2cccc(-c3cc(-c4cccc(-c5ccccn5)n4)c4ccc5cc6ccccc6cc5c4c3)n2)nc1. The predicted molar refractivity (Wildman–Crippen MR) is 172 cm³/mol. The van der Waals surface area contributed by atoms with Crippen LogP contribution in [0.4, 0.5) is 0 Å². The lowest BCUT2D eigenvalue weighted by Crippen LogP contribution is -1.94. The van der Waals surface area contributed by atoms with Crippen LogP contribution in [0.3, 0.4) is 0 Å². The fraction of sp³-hybridized carbons (Fsp3) is 0. The lowest BCUT2D eigenvalue weighted by molar-refractivity contribution is 1.24. The molecule has 0 spiro atoms. The van der Waals surface area contributed by atoms with E-state index in [-0.39, 0.29) is 0 Å². The Kier molecular flexibility index (Phi) is 5.75. The first-order valence-corrected chi connectivity index (χ1v) is 14.0. The van der Waals surface area contributed by atoms with Gasteiger partial charge in [-0.25, -0.2) is 9.97 Å². The Bertz CT molecular complexity index is 2240. The largest absolute Gasteiger partial charge is 0.255 e. The molecule has 8 rings (SSSR count). The number of pyridine rings is 4. The van der Waals surface area contributed by atoms with Gasteiger partial charge in [-0.1, -0.05) is 60.7 Å². The van der Waals surface area contributed by atoms with Crippen LogP contribution in [0, 0.1) is 0 Å². The number of hydrogen-bond acceptors (Lipinski definition) is 4. The minimum absolute atomic E-state index is 0.841. The van der Waals surface area contributed by atoms with Gasteiger partial charge in [0, 0.05) is 23.5 Å². The quantitative estimate of drug-likeness (QED) is 0.166. The van der Waals surface area contributed by atoms with Crippen molar-refractivity contribution in [2.75, 3.05) is 0 Å². The van der Waals surface area contributed by atoms with E-state index >= 15 is 0 Å². The van der Waals surface area contributed by atoms with E-state index in [4.69, 9.17) is 9.97 Å². The topological polar surface area (TPSA) is 51.6 Å². The van der Waals surface area contributed by atoms with Gasteiger partial charge in [0.2, 0.25) is 0 Å². The zero-order valence-corrected chi connectivity index (χ0v) is 22.6. The van der Waals surface area contributed by atoms with Crippen molar-refractivity contribution >= 4 is 32.3 Å². The van der Waals surface area contributed by atoms with E-state index in [1.165, 1.54) is 26.9 Å². The van der Waals surface area contributed by atoms with E-state index in [0.29, 0.717) is 0 Å². The molecule has 0 fully saturated rings. The van der Waals surface area contributed by atoms with E-state index in [1.807, 2.05) is 54.6 Å². The van der Waals surface area contributed by atoms with E-state index in [0.717, 1.165) is 50.7 Å². The number of fused-ring (bicyclic) bond motifs is 4. The van der Waals surface area contributed by atoms with Gasteiger partial charge < -0.3 is 0 Å². The summed E-state index contributed by atoms with van der Waals surface area (Å²) in [4.78, 5) is 19.2. The summed E-state index contributed by atoms with van der Waals surface area (Å²) in [5, 5.41) is 7.17. The molecule has 4 nitrogen and oxygen atoms in total. The summed E-state index contributed by atoms with van der Waals surface area (Å²) in [6.07, 6.45) is 3.60. The summed E-state index contributed by atoms with van der Waals surface area (Å²) in [6.45, 7) is 0. The zero-order chi connectivity index (χ0) is 27.9. The second-order valence-corrected chi connectivity index (χ2v) is 10.4. The summed E-state index contributed by atoms with van der Waals surface area (Å²) < 4.78 is 0. The van der Waals surface area contributed by atoms with Crippen LogP contribution in [0.25, 0.3) is 77.6 Å². The standard InChI is InChI=1S/C38H24N4/c1-2-10-26-22-30-27(21-25(26)9-1)17-18-29-31(30)23-28(33-13-7-15-37(41-33)35-11-3-5-19-39-35)24-32(29)34-14-8-16-38(42-34)36-12-4-6-20-40-36/h1-24H. The van der Waals surface area contributed by atoms with Crippen LogP contribution < -0.4 is 0 Å². The van der Waals surface area contributed by atoms with Crippen molar-refractivity contribution in [1.82, 2.24) is 19.9 Å². The van der Waals surface area contributed by atoms with Crippen molar-refractivity contribution in [2.45, 2.75) is 0 Å². The van der Waals surface area contributed by atoms with Crippen LogP contribution in [-0.4, -0.2) is 19.9 Å². The lowest BCUT2D eigenvalue weighted by atomic mass is 9.92. The molecule has 196 valence electrons. The van der Waals surface area contributed by atoms with Crippen molar-refractivity contribution in [3.05, 3.63) is 146 Å². The Morgan fingerprint density at radius 2 is 0.929 bits per heavy atom. The van der Waals surface area contributed by atoms with Crippen LogP contribution in [0.2, 0.25) is 0 Å². The van der Waals surface area contributed by atoms with Crippen molar-refractivity contribution < 1.29 is 0 Å². The maximum absolute atomic E-state index is 5.10. The van der Waals surface area contributed by atoms with Crippen molar-refractivity contribution in [3.63, 3.8) is 0 Å². The molecule has 8 aromatic rings. The minimum Gasteiger partial charge on any atom is -0.255 e. The molecule has 0 aliphatic carbocycles. The normalized spacial score (nSPS) is 11.3. The first kappa shape index (κ1) is 24.1. The number of rotatable bonds is 4. The molecular weight excluding hydrogens is 512 g/mol. The van der Waals surface area contributed by atoms with Crippen molar-refractivity contribution in [3.8, 4) is 45.3 Å². The molecule has 4 heterocycles. The molecule has 0 radical (unpaired) electrons.